The van der Waals surface area contributed by atoms with Crippen LogP contribution in [-0.2, 0) is 4.79 Å². The molecule has 0 aliphatic carbocycles. The van der Waals surface area contributed by atoms with Crippen molar-refractivity contribution in [2.45, 2.75) is 19.8 Å². The molecule has 1 heterocycles. The molecular weight excluding hydrogens is 244 g/mol. The summed E-state index contributed by atoms with van der Waals surface area (Å²) >= 11 is 5.81. The summed E-state index contributed by atoms with van der Waals surface area (Å²) in [5.74, 6) is -0.584. The summed E-state index contributed by atoms with van der Waals surface area (Å²) in [4.78, 5) is 30.2. The van der Waals surface area contributed by atoms with Gasteiger partial charge in [-0.1, -0.05) is 25.4 Å². The monoisotopic (exact) mass is 256 g/mol. The van der Waals surface area contributed by atoms with Crippen molar-refractivity contribution in [1.29, 1.82) is 0 Å². The SMILES string of the molecule is CC(C)c1ncc(Cl)c(C(=O)NCC(N)=O)n1. The summed E-state index contributed by atoms with van der Waals surface area (Å²) in [6, 6.07) is 0. The Kier molecular flexibility index (Phi) is 4.39. The van der Waals surface area contributed by atoms with Crippen LogP contribution in [0.4, 0.5) is 0 Å². The molecule has 0 aromatic carbocycles. The van der Waals surface area contributed by atoms with Crippen molar-refractivity contribution in [2.75, 3.05) is 6.54 Å². The number of rotatable bonds is 4. The van der Waals surface area contributed by atoms with Crippen LogP contribution in [0.3, 0.4) is 0 Å². The number of nitrogens with zero attached hydrogens (tertiary/aromatic N) is 2. The van der Waals surface area contributed by atoms with Crippen molar-refractivity contribution >= 4 is 23.4 Å². The Labute approximate surface area is 104 Å². The third-order valence-corrected chi connectivity index (χ3v) is 2.19. The predicted molar refractivity (Wildman–Crippen MR) is 62.7 cm³/mol. The van der Waals surface area contributed by atoms with Crippen LogP contribution in [-0.4, -0.2) is 28.3 Å². The van der Waals surface area contributed by atoms with Crippen LogP contribution in [0.5, 0.6) is 0 Å². The molecule has 0 spiro atoms. The van der Waals surface area contributed by atoms with Gasteiger partial charge in [-0.15, -0.1) is 0 Å². The van der Waals surface area contributed by atoms with E-state index in [0.29, 0.717) is 5.82 Å². The highest BCUT2D eigenvalue weighted by Crippen LogP contribution is 2.15. The van der Waals surface area contributed by atoms with Crippen LogP contribution in [0.15, 0.2) is 6.20 Å². The Hall–Kier alpha value is -1.69. The number of amides is 2. The smallest absolute Gasteiger partial charge is 0.272 e. The molecule has 1 aromatic rings. The molecule has 0 aliphatic heterocycles. The van der Waals surface area contributed by atoms with Crippen molar-refractivity contribution in [2.24, 2.45) is 5.73 Å². The van der Waals surface area contributed by atoms with Gasteiger partial charge in [0, 0.05) is 5.92 Å². The van der Waals surface area contributed by atoms with E-state index in [1.165, 1.54) is 6.20 Å². The Morgan fingerprint density at radius 1 is 1.53 bits per heavy atom. The van der Waals surface area contributed by atoms with Crippen LogP contribution in [0.25, 0.3) is 0 Å². The number of hydrogen-bond acceptors (Lipinski definition) is 4. The first-order chi connectivity index (χ1) is 7.91. The van der Waals surface area contributed by atoms with Gasteiger partial charge in [0.25, 0.3) is 5.91 Å². The van der Waals surface area contributed by atoms with Gasteiger partial charge in [-0.2, -0.15) is 0 Å². The fraction of sp³-hybridized carbons (Fsp3) is 0.400. The van der Waals surface area contributed by atoms with E-state index in [-0.39, 0.29) is 23.2 Å². The van der Waals surface area contributed by atoms with Crippen LogP contribution < -0.4 is 11.1 Å². The fourth-order valence-electron chi connectivity index (χ4n) is 1.07. The van der Waals surface area contributed by atoms with Crippen molar-refractivity contribution in [3.8, 4) is 0 Å². The Bertz CT molecular complexity index is 448. The molecule has 0 bridgehead atoms. The van der Waals surface area contributed by atoms with Crippen LogP contribution >= 0.6 is 11.6 Å². The van der Waals surface area contributed by atoms with Crippen molar-refractivity contribution in [3.05, 3.63) is 22.7 Å². The third-order valence-electron chi connectivity index (χ3n) is 1.92. The number of carbonyl (C=O) groups excluding carboxylic acids is 2. The van der Waals surface area contributed by atoms with E-state index in [9.17, 15) is 9.59 Å². The fourth-order valence-corrected chi connectivity index (χ4v) is 1.25. The zero-order valence-electron chi connectivity index (χ0n) is 9.53. The van der Waals surface area contributed by atoms with Crippen LogP contribution in [0.2, 0.25) is 5.02 Å². The zero-order chi connectivity index (χ0) is 13.0. The van der Waals surface area contributed by atoms with Gasteiger partial charge in [-0.05, 0) is 0 Å². The van der Waals surface area contributed by atoms with E-state index in [0.717, 1.165) is 0 Å². The molecule has 1 aromatic heterocycles. The van der Waals surface area contributed by atoms with Crippen molar-refractivity contribution < 1.29 is 9.59 Å². The van der Waals surface area contributed by atoms with E-state index in [2.05, 4.69) is 15.3 Å². The molecule has 17 heavy (non-hydrogen) atoms. The molecule has 2 amide bonds. The number of nitrogens with one attached hydrogen (secondary N) is 1. The highest BCUT2D eigenvalue weighted by molar-refractivity contribution is 6.33. The predicted octanol–water partition coefficient (Wildman–Crippen LogP) is 0.468. The van der Waals surface area contributed by atoms with Crippen molar-refractivity contribution in [3.63, 3.8) is 0 Å². The zero-order valence-corrected chi connectivity index (χ0v) is 10.3. The first kappa shape index (κ1) is 13.4. The second-order valence-electron chi connectivity index (χ2n) is 3.73. The summed E-state index contributed by atoms with van der Waals surface area (Å²) in [6.45, 7) is 3.54. The first-order valence-corrected chi connectivity index (χ1v) is 5.38. The van der Waals surface area contributed by atoms with Gasteiger partial charge >= 0.3 is 0 Å². The van der Waals surface area contributed by atoms with Gasteiger partial charge in [0.1, 0.15) is 11.5 Å². The average molecular weight is 257 g/mol. The number of carbonyl (C=O) groups is 2. The van der Waals surface area contributed by atoms with Crippen LogP contribution in [0, 0.1) is 0 Å². The molecule has 92 valence electrons. The summed E-state index contributed by atoms with van der Waals surface area (Å²) in [6.07, 6.45) is 1.36. The topological polar surface area (TPSA) is 98.0 Å². The summed E-state index contributed by atoms with van der Waals surface area (Å²) in [5.41, 5.74) is 4.96. The molecule has 3 N–H and O–H groups in total. The minimum atomic E-state index is -0.632. The second-order valence-corrected chi connectivity index (χ2v) is 4.14. The van der Waals surface area contributed by atoms with Gasteiger partial charge in [0.15, 0.2) is 0 Å². The maximum atomic E-state index is 11.7. The standard InChI is InChI=1S/C10H13ClN4O2/c1-5(2)9-13-3-6(11)8(15-9)10(17)14-4-7(12)16/h3,5H,4H2,1-2H3,(H2,12,16)(H,14,17). The molecule has 0 radical (unpaired) electrons. The van der Waals surface area contributed by atoms with Gasteiger partial charge in [-0.3, -0.25) is 9.59 Å². The molecule has 0 saturated carbocycles. The number of hydrogen-bond donors (Lipinski definition) is 2. The second kappa shape index (κ2) is 5.58. The summed E-state index contributed by atoms with van der Waals surface area (Å²) in [5, 5.41) is 2.45. The molecule has 0 unspecified atom stereocenters. The van der Waals surface area contributed by atoms with E-state index < -0.39 is 11.8 Å². The minimum Gasteiger partial charge on any atom is -0.368 e. The Morgan fingerprint density at radius 3 is 2.71 bits per heavy atom. The molecule has 6 nitrogen and oxygen atoms in total. The molecule has 0 fully saturated rings. The lowest BCUT2D eigenvalue weighted by atomic mass is 10.2. The quantitative estimate of drug-likeness (QED) is 0.818. The summed E-state index contributed by atoms with van der Waals surface area (Å²) in [7, 11) is 0. The van der Waals surface area contributed by atoms with E-state index >= 15 is 0 Å². The number of halogens is 1. The number of primary amides is 1. The molecule has 7 heteroatoms. The lowest BCUT2D eigenvalue weighted by molar-refractivity contribution is -0.117. The number of aromatic nitrogens is 2. The van der Waals surface area contributed by atoms with Crippen LogP contribution in [0.1, 0.15) is 36.1 Å². The largest absolute Gasteiger partial charge is 0.368 e. The summed E-state index contributed by atoms with van der Waals surface area (Å²) < 4.78 is 0. The van der Waals surface area contributed by atoms with E-state index in [4.69, 9.17) is 17.3 Å². The third kappa shape index (κ3) is 3.67. The highest BCUT2D eigenvalue weighted by atomic mass is 35.5. The average Bonchev–Trinajstić information content (AvgIpc) is 2.26. The number of nitrogens with two attached hydrogens (primary N) is 1. The van der Waals surface area contributed by atoms with Gasteiger partial charge in [0.05, 0.1) is 17.8 Å². The minimum absolute atomic E-state index is 0.0478. The lowest BCUT2D eigenvalue weighted by Crippen LogP contribution is -2.34. The Morgan fingerprint density at radius 2 is 2.18 bits per heavy atom. The maximum Gasteiger partial charge on any atom is 0.272 e. The molecule has 1 rings (SSSR count). The van der Waals surface area contributed by atoms with Gasteiger partial charge in [0.2, 0.25) is 5.91 Å². The lowest BCUT2D eigenvalue weighted by Gasteiger charge is -2.07. The van der Waals surface area contributed by atoms with E-state index in [1.54, 1.807) is 0 Å². The first-order valence-electron chi connectivity index (χ1n) is 5.00. The van der Waals surface area contributed by atoms with Gasteiger partial charge in [-0.25, -0.2) is 9.97 Å². The normalized spacial score (nSPS) is 10.4. The molecule has 0 aliphatic rings. The highest BCUT2D eigenvalue weighted by Gasteiger charge is 2.15. The maximum absolute atomic E-state index is 11.7. The van der Waals surface area contributed by atoms with Crippen molar-refractivity contribution in [1.82, 2.24) is 15.3 Å². The van der Waals surface area contributed by atoms with E-state index in [1.807, 2.05) is 13.8 Å². The molecule has 0 atom stereocenters. The molecule has 0 saturated heterocycles. The van der Waals surface area contributed by atoms with Gasteiger partial charge < -0.3 is 11.1 Å². The Balaban J connectivity index is 2.92. The molecular formula is C10H13ClN4O2.